The molecule has 1 aromatic rings. The number of rotatable bonds is 7. The van der Waals surface area contributed by atoms with Gasteiger partial charge in [0.2, 0.25) is 0 Å². The Bertz CT molecular complexity index is 478. The summed E-state index contributed by atoms with van der Waals surface area (Å²) < 4.78 is 11.0. The second kappa shape index (κ2) is 8.98. The number of ether oxygens (including phenoxy) is 2. The van der Waals surface area contributed by atoms with Crippen molar-refractivity contribution in [3.05, 3.63) is 29.3 Å². The lowest BCUT2D eigenvalue weighted by molar-refractivity contribution is -0.128. The van der Waals surface area contributed by atoms with Crippen LogP contribution < -0.4 is 10.1 Å². The van der Waals surface area contributed by atoms with Gasteiger partial charge in [0.15, 0.2) is 6.10 Å². The third kappa shape index (κ3) is 5.48. The largest absolute Gasteiger partial charge is 0.481 e. The van der Waals surface area contributed by atoms with Crippen molar-refractivity contribution in [1.29, 1.82) is 0 Å². The molecule has 0 radical (unpaired) electrons. The molecule has 0 bridgehead atoms. The molecule has 0 aliphatic carbocycles. The van der Waals surface area contributed by atoms with Crippen LogP contribution in [0.4, 0.5) is 0 Å². The number of benzene rings is 1. The van der Waals surface area contributed by atoms with E-state index < -0.39 is 6.10 Å². The van der Waals surface area contributed by atoms with Crippen LogP contribution in [0.5, 0.6) is 5.75 Å². The van der Waals surface area contributed by atoms with E-state index in [0.29, 0.717) is 23.7 Å². The van der Waals surface area contributed by atoms with Gasteiger partial charge in [0, 0.05) is 31.2 Å². The Morgan fingerprint density at radius 3 is 2.91 bits per heavy atom. The molecule has 0 spiro atoms. The minimum absolute atomic E-state index is 0.0873. The van der Waals surface area contributed by atoms with Crippen LogP contribution in [0.1, 0.15) is 13.3 Å². The summed E-state index contributed by atoms with van der Waals surface area (Å²) in [5.74, 6) is 0.526. The summed E-state index contributed by atoms with van der Waals surface area (Å²) in [6, 6.07) is 7.10. The standard InChI is InChI=1S/C16H23ClN2O3/c1-2-15(22-14-5-3-4-13(17)12-14)16(20)18-6-7-19-8-10-21-11-9-19/h3-5,12,15H,2,6-11H2,1H3,(H,18,20). The molecule has 1 aromatic carbocycles. The van der Waals surface area contributed by atoms with Gasteiger partial charge < -0.3 is 14.8 Å². The average molecular weight is 327 g/mol. The highest BCUT2D eigenvalue weighted by molar-refractivity contribution is 6.30. The lowest BCUT2D eigenvalue weighted by Crippen LogP contribution is -2.44. The van der Waals surface area contributed by atoms with Crippen molar-refractivity contribution < 1.29 is 14.3 Å². The van der Waals surface area contributed by atoms with E-state index in [0.717, 1.165) is 32.8 Å². The summed E-state index contributed by atoms with van der Waals surface area (Å²) in [6.07, 6.45) is 0.110. The van der Waals surface area contributed by atoms with Crippen LogP contribution >= 0.6 is 11.6 Å². The summed E-state index contributed by atoms with van der Waals surface area (Å²) >= 11 is 5.92. The molecular formula is C16H23ClN2O3. The minimum atomic E-state index is -0.497. The minimum Gasteiger partial charge on any atom is -0.481 e. The number of morpholine rings is 1. The first-order valence-electron chi connectivity index (χ1n) is 7.69. The number of nitrogens with one attached hydrogen (secondary N) is 1. The number of hydrogen-bond donors (Lipinski definition) is 1. The van der Waals surface area contributed by atoms with Crippen molar-refractivity contribution >= 4 is 17.5 Å². The lowest BCUT2D eigenvalue weighted by atomic mass is 10.2. The van der Waals surface area contributed by atoms with E-state index in [1.54, 1.807) is 24.3 Å². The molecule has 1 amide bonds. The predicted octanol–water partition coefficient (Wildman–Crippen LogP) is 1.95. The molecule has 1 heterocycles. The number of carbonyl (C=O) groups excluding carboxylic acids is 1. The Morgan fingerprint density at radius 1 is 1.45 bits per heavy atom. The topological polar surface area (TPSA) is 50.8 Å². The van der Waals surface area contributed by atoms with Gasteiger partial charge in [0.25, 0.3) is 5.91 Å². The van der Waals surface area contributed by atoms with E-state index in [9.17, 15) is 4.79 Å². The maximum atomic E-state index is 12.2. The third-order valence-electron chi connectivity index (χ3n) is 3.57. The van der Waals surface area contributed by atoms with Crippen molar-refractivity contribution in [2.24, 2.45) is 0 Å². The normalized spacial score (nSPS) is 17.0. The van der Waals surface area contributed by atoms with Gasteiger partial charge in [-0.25, -0.2) is 0 Å². The Hall–Kier alpha value is -1.30. The Balaban J connectivity index is 1.76. The number of halogens is 1. The monoisotopic (exact) mass is 326 g/mol. The van der Waals surface area contributed by atoms with Gasteiger partial charge in [-0.2, -0.15) is 0 Å². The van der Waals surface area contributed by atoms with Crippen molar-refractivity contribution in [3.8, 4) is 5.75 Å². The van der Waals surface area contributed by atoms with E-state index in [-0.39, 0.29) is 5.91 Å². The summed E-state index contributed by atoms with van der Waals surface area (Å²) in [7, 11) is 0. The van der Waals surface area contributed by atoms with Crippen LogP contribution in [-0.2, 0) is 9.53 Å². The van der Waals surface area contributed by atoms with E-state index >= 15 is 0 Å². The molecule has 122 valence electrons. The first-order chi connectivity index (χ1) is 10.7. The first kappa shape index (κ1) is 17.1. The molecule has 2 rings (SSSR count). The number of carbonyl (C=O) groups is 1. The number of amides is 1. The highest BCUT2D eigenvalue weighted by Crippen LogP contribution is 2.19. The van der Waals surface area contributed by atoms with Gasteiger partial charge in [0.05, 0.1) is 13.2 Å². The molecule has 1 atom stereocenters. The number of hydrogen-bond acceptors (Lipinski definition) is 4. The highest BCUT2D eigenvalue weighted by atomic mass is 35.5. The van der Waals surface area contributed by atoms with Gasteiger partial charge in [-0.3, -0.25) is 9.69 Å². The van der Waals surface area contributed by atoms with Crippen LogP contribution in [-0.4, -0.2) is 56.3 Å². The maximum absolute atomic E-state index is 12.2. The second-order valence-electron chi connectivity index (χ2n) is 5.22. The van der Waals surface area contributed by atoms with E-state index in [4.69, 9.17) is 21.1 Å². The predicted molar refractivity (Wildman–Crippen MR) is 86.4 cm³/mol. The fourth-order valence-corrected chi connectivity index (χ4v) is 2.48. The van der Waals surface area contributed by atoms with Gasteiger partial charge in [-0.15, -0.1) is 0 Å². The van der Waals surface area contributed by atoms with Crippen molar-refractivity contribution in [2.75, 3.05) is 39.4 Å². The van der Waals surface area contributed by atoms with Crippen LogP contribution in [0.25, 0.3) is 0 Å². The van der Waals surface area contributed by atoms with Crippen molar-refractivity contribution in [3.63, 3.8) is 0 Å². The zero-order chi connectivity index (χ0) is 15.8. The van der Waals surface area contributed by atoms with Gasteiger partial charge in [0.1, 0.15) is 5.75 Å². The Kier molecular flexibility index (Phi) is 6.96. The molecule has 5 nitrogen and oxygen atoms in total. The SMILES string of the molecule is CCC(Oc1cccc(Cl)c1)C(=O)NCCN1CCOCC1. The zero-order valence-electron chi connectivity index (χ0n) is 12.9. The fraction of sp³-hybridized carbons (Fsp3) is 0.562. The summed E-state index contributed by atoms with van der Waals surface area (Å²) in [4.78, 5) is 14.5. The Morgan fingerprint density at radius 2 is 2.23 bits per heavy atom. The van der Waals surface area contributed by atoms with Crippen LogP contribution in [0.15, 0.2) is 24.3 Å². The van der Waals surface area contributed by atoms with E-state index in [1.165, 1.54) is 0 Å². The van der Waals surface area contributed by atoms with Crippen LogP contribution in [0, 0.1) is 0 Å². The van der Waals surface area contributed by atoms with Gasteiger partial charge in [-0.1, -0.05) is 24.6 Å². The maximum Gasteiger partial charge on any atom is 0.261 e. The highest BCUT2D eigenvalue weighted by Gasteiger charge is 2.18. The molecule has 0 saturated carbocycles. The molecule has 1 fully saturated rings. The third-order valence-corrected chi connectivity index (χ3v) is 3.80. The van der Waals surface area contributed by atoms with Crippen LogP contribution in [0.2, 0.25) is 5.02 Å². The summed E-state index contributed by atoms with van der Waals surface area (Å²) in [5.41, 5.74) is 0. The van der Waals surface area contributed by atoms with Gasteiger partial charge in [-0.05, 0) is 24.6 Å². The molecule has 1 N–H and O–H groups in total. The zero-order valence-corrected chi connectivity index (χ0v) is 13.6. The van der Waals surface area contributed by atoms with Crippen molar-refractivity contribution in [2.45, 2.75) is 19.4 Å². The first-order valence-corrected chi connectivity index (χ1v) is 8.07. The smallest absolute Gasteiger partial charge is 0.261 e. The van der Waals surface area contributed by atoms with E-state index in [1.807, 2.05) is 6.92 Å². The molecule has 1 unspecified atom stereocenters. The fourth-order valence-electron chi connectivity index (χ4n) is 2.30. The van der Waals surface area contributed by atoms with E-state index in [2.05, 4.69) is 10.2 Å². The molecule has 0 aromatic heterocycles. The molecule has 6 heteroatoms. The summed E-state index contributed by atoms with van der Waals surface area (Å²) in [6.45, 7) is 6.76. The van der Waals surface area contributed by atoms with Gasteiger partial charge >= 0.3 is 0 Å². The second-order valence-corrected chi connectivity index (χ2v) is 5.65. The molecule has 1 saturated heterocycles. The molecular weight excluding hydrogens is 304 g/mol. The molecule has 1 aliphatic rings. The van der Waals surface area contributed by atoms with Crippen molar-refractivity contribution in [1.82, 2.24) is 10.2 Å². The number of nitrogens with zero attached hydrogens (tertiary/aromatic N) is 1. The average Bonchev–Trinajstić information content (AvgIpc) is 2.53. The summed E-state index contributed by atoms with van der Waals surface area (Å²) in [5, 5.41) is 3.53. The molecule has 1 aliphatic heterocycles. The lowest BCUT2D eigenvalue weighted by Gasteiger charge is -2.26. The quantitative estimate of drug-likeness (QED) is 0.832. The Labute approximate surface area is 136 Å². The molecule has 22 heavy (non-hydrogen) atoms. The van der Waals surface area contributed by atoms with Crippen LogP contribution in [0.3, 0.4) is 0 Å².